The zero-order valence-corrected chi connectivity index (χ0v) is 8.51. The number of hydrogen-bond acceptors (Lipinski definition) is 2. The first-order valence-corrected chi connectivity index (χ1v) is 4.95. The van der Waals surface area contributed by atoms with Crippen LogP contribution in [0.3, 0.4) is 0 Å². The highest BCUT2D eigenvalue weighted by atomic mass is 15.0. The molecule has 0 aromatic heterocycles. The van der Waals surface area contributed by atoms with Crippen LogP contribution in [0.2, 0.25) is 0 Å². The van der Waals surface area contributed by atoms with Crippen LogP contribution in [0.25, 0.3) is 0 Å². The molecule has 2 atom stereocenters. The Morgan fingerprint density at radius 2 is 1.79 bits per heavy atom. The predicted octanol–water partition coefficient (Wildman–Crippen LogP) is 2.54. The number of aliphatic imine (C=N–C) groups is 2. The molecule has 2 rings (SSSR count). The molecule has 0 bridgehead atoms. The summed E-state index contributed by atoms with van der Waals surface area (Å²) in [6.07, 6.45) is 1.99. The molecule has 1 heterocycles. The molecule has 0 fully saturated rings. The molecule has 0 saturated heterocycles. The van der Waals surface area contributed by atoms with E-state index >= 15 is 0 Å². The average molecular weight is 186 g/mol. The van der Waals surface area contributed by atoms with Gasteiger partial charge in [-0.05, 0) is 6.92 Å². The van der Waals surface area contributed by atoms with E-state index in [0.717, 1.165) is 11.4 Å². The van der Waals surface area contributed by atoms with Crippen molar-refractivity contribution in [3.8, 4) is 0 Å². The molecule has 0 N–H and O–H groups in total. The minimum atomic E-state index is 0.336. The van der Waals surface area contributed by atoms with Crippen LogP contribution < -0.4 is 0 Å². The van der Waals surface area contributed by atoms with Crippen molar-refractivity contribution in [3.05, 3.63) is 35.9 Å². The van der Waals surface area contributed by atoms with E-state index < -0.39 is 0 Å². The lowest BCUT2D eigenvalue weighted by atomic mass is 10.0. The molecule has 1 aliphatic heterocycles. The number of rotatable bonds is 1. The molecule has 2 heteroatoms. The van der Waals surface area contributed by atoms with Gasteiger partial charge in [0.2, 0.25) is 0 Å². The number of amidine groups is 1. The summed E-state index contributed by atoms with van der Waals surface area (Å²) in [5.74, 6) is 1.30. The van der Waals surface area contributed by atoms with Gasteiger partial charge in [0.25, 0.3) is 0 Å². The molecular weight excluding hydrogens is 172 g/mol. The molecule has 1 aromatic rings. The van der Waals surface area contributed by atoms with Crippen LogP contribution in [0.5, 0.6) is 0 Å². The summed E-state index contributed by atoms with van der Waals surface area (Å²) in [5.41, 5.74) is 1.10. The monoisotopic (exact) mass is 186 g/mol. The lowest BCUT2D eigenvalue weighted by molar-refractivity contribution is 0.617. The Labute approximate surface area is 84.4 Å². The average Bonchev–Trinajstić information content (AvgIpc) is 2.23. The third kappa shape index (κ3) is 1.74. The highest BCUT2D eigenvalue weighted by Crippen LogP contribution is 2.13. The first-order valence-electron chi connectivity index (χ1n) is 4.95. The summed E-state index contributed by atoms with van der Waals surface area (Å²) in [6, 6.07) is 10.4. The van der Waals surface area contributed by atoms with Crippen LogP contribution in [-0.2, 0) is 0 Å². The SMILES string of the molecule is CC1N=C(c2ccccc2)N=C[C@H]1C. The third-order valence-corrected chi connectivity index (χ3v) is 2.55. The van der Waals surface area contributed by atoms with Gasteiger partial charge < -0.3 is 0 Å². The van der Waals surface area contributed by atoms with Gasteiger partial charge in [0.15, 0.2) is 5.84 Å². The van der Waals surface area contributed by atoms with Crippen LogP contribution in [0.15, 0.2) is 40.3 Å². The molecule has 0 spiro atoms. The fourth-order valence-corrected chi connectivity index (χ4v) is 1.39. The van der Waals surface area contributed by atoms with E-state index in [1.807, 2.05) is 36.5 Å². The molecule has 2 nitrogen and oxygen atoms in total. The summed E-state index contributed by atoms with van der Waals surface area (Å²) in [4.78, 5) is 8.91. The molecule has 0 radical (unpaired) electrons. The molecule has 14 heavy (non-hydrogen) atoms. The number of nitrogens with zero attached hydrogens (tertiary/aromatic N) is 2. The van der Waals surface area contributed by atoms with Crippen molar-refractivity contribution in [2.24, 2.45) is 15.9 Å². The van der Waals surface area contributed by atoms with Crippen LogP contribution >= 0.6 is 0 Å². The second-order valence-corrected chi connectivity index (χ2v) is 3.70. The smallest absolute Gasteiger partial charge is 0.154 e. The number of benzene rings is 1. The van der Waals surface area contributed by atoms with Gasteiger partial charge in [-0.3, -0.25) is 4.99 Å². The minimum absolute atomic E-state index is 0.336. The van der Waals surface area contributed by atoms with Crippen molar-refractivity contribution < 1.29 is 0 Å². The first kappa shape index (κ1) is 9.13. The van der Waals surface area contributed by atoms with Crippen LogP contribution in [-0.4, -0.2) is 18.1 Å². The second kappa shape index (κ2) is 3.74. The Morgan fingerprint density at radius 1 is 1.07 bits per heavy atom. The van der Waals surface area contributed by atoms with Gasteiger partial charge in [0.05, 0.1) is 6.04 Å². The van der Waals surface area contributed by atoms with Crippen LogP contribution in [0.1, 0.15) is 19.4 Å². The lowest BCUT2D eigenvalue weighted by Gasteiger charge is -2.17. The maximum atomic E-state index is 4.55. The summed E-state index contributed by atoms with van der Waals surface area (Å²) < 4.78 is 0. The zero-order valence-electron chi connectivity index (χ0n) is 8.51. The molecular formula is C12H14N2. The molecule has 0 saturated carbocycles. The Bertz CT molecular complexity index is 365. The summed E-state index contributed by atoms with van der Waals surface area (Å²) >= 11 is 0. The first-order chi connectivity index (χ1) is 6.77. The molecule has 0 amide bonds. The number of hydrogen-bond donors (Lipinski definition) is 0. The Balaban J connectivity index is 2.30. The van der Waals surface area contributed by atoms with Crippen molar-refractivity contribution in [2.75, 3.05) is 0 Å². The third-order valence-electron chi connectivity index (χ3n) is 2.55. The van der Waals surface area contributed by atoms with Gasteiger partial charge in [-0.15, -0.1) is 0 Å². The van der Waals surface area contributed by atoms with Gasteiger partial charge in [0, 0.05) is 17.7 Å². The van der Waals surface area contributed by atoms with Crippen molar-refractivity contribution in [1.82, 2.24) is 0 Å². The fraction of sp³-hybridized carbons (Fsp3) is 0.333. The molecule has 1 aliphatic rings. The van der Waals surface area contributed by atoms with E-state index in [1.165, 1.54) is 0 Å². The van der Waals surface area contributed by atoms with Crippen LogP contribution in [0, 0.1) is 5.92 Å². The van der Waals surface area contributed by atoms with E-state index in [0.29, 0.717) is 12.0 Å². The molecule has 0 aliphatic carbocycles. The summed E-state index contributed by atoms with van der Waals surface area (Å²) in [6.45, 7) is 4.26. The van der Waals surface area contributed by atoms with Crippen LogP contribution in [0.4, 0.5) is 0 Å². The predicted molar refractivity (Wildman–Crippen MR) is 60.1 cm³/mol. The van der Waals surface area contributed by atoms with E-state index in [9.17, 15) is 0 Å². The van der Waals surface area contributed by atoms with Crippen molar-refractivity contribution in [2.45, 2.75) is 19.9 Å². The maximum Gasteiger partial charge on any atom is 0.154 e. The van der Waals surface area contributed by atoms with Crippen molar-refractivity contribution in [1.29, 1.82) is 0 Å². The van der Waals surface area contributed by atoms with Gasteiger partial charge >= 0.3 is 0 Å². The Kier molecular flexibility index (Phi) is 2.44. The summed E-state index contributed by atoms with van der Waals surface area (Å²) in [5, 5.41) is 0. The highest BCUT2D eigenvalue weighted by molar-refractivity contribution is 6.04. The normalized spacial score (nSPS) is 26.0. The van der Waals surface area contributed by atoms with E-state index in [2.05, 4.69) is 23.8 Å². The minimum Gasteiger partial charge on any atom is -0.262 e. The lowest BCUT2D eigenvalue weighted by Crippen LogP contribution is -2.20. The summed E-state index contributed by atoms with van der Waals surface area (Å²) in [7, 11) is 0. The Morgan fingerprint density at radius 3 is 2.43 bits per heavy atom. The topological polar surface area (TPSA) is 24.7 Å². The second-order valence-electron chi connectivity index (χ2n) is 3.70. The van der Waals surface area contributed by atoms with E-state index in [4.69, 9.17) is 0 Å². The largest absolute Gasteiger partial charge is 0.262 e. The quantitative estimate of drug-likeness (QED) is 0.644. The highest BCUT2D eigenvalue weighted by Gasteiger charge is 2.14. The molecule has 1 unspecified atom stereocenters. The molecule has 1 aromatic carbocycles. The molecule has 72 valence electrons. The van der Waals surface area contributed by atoms with Crippen molar-refractivity contribution in [3.63, 3.8) is 0 Å². The fourth-order valence-electron chi connectivity index (χ4n) is 1.39. The zero-order chi connectivity index (χ0) is 9.97. The van der Waals surface area contributed by atoms with Gasteiger partial charge in [-0.25, -0.2) is 4.99 Å². The van der Waals surface area contributed by atoms with Gasteiger partial charge in [-0.1, -0.05) is 37.3 Å². The van der Waals surface area contributed by atoms with E-state index in [-0.39, 0.29) is 0 Å². The van der Waals surface area contributed by atoms with Gasteiger partial charge in [-0.2, -0.15) is 0 Å². The Hall–Kier alpha value is -1.44. The van der Waals surface area contributed by atoms with E-state index in [1.54, 1.807) is 0 Å². The standard InChI is InChI=1S/C12H14N2/c1-9-8-13-12(14-10(9)2)11-6-4-3-5-7-11/h3-10H,1-2H3/t9-,10?/m1/s1. The van der Waals surface area contributed by atoms with Gasteiger partial charge in [0.1, 0.15) is 0 Å². The maximum absolute atomic E-state index is 4.55. The van der Waals surface area contributed by atoms with Crippen molar-refractivity contribution >= 4 is 12.1 Å².